The molecular formula is C18H28BrFN4O5. The second-order valence-corrected chi connectivity index (χ2v) is 9.23. The molecule has 0 aromatic heterocycles. The van der Waals surface area contributed by atoms with Crippen molar-refractivity contribution in [1.29, 1.82) is 0 Å². The van der Waals surface area contributed by atoms with Crippen LogP contribution in [0.15, 0.2) is 11.9 Å². The Kier molecular flexibility index (Phi) is 8.01. The first-order valence-electron chi connectivity index (χ1n) is 9.48. The maximum atomic E-state index is 13.6. The molecular weight excluding hydrogens is 451 g/mol. The van der Waals surface area contributed by atoms with Gasteiger partial charge in [0.05, 0.1) is 4.83 Å². The molecule has 0 aromatic rings. The standard InChI is InChI=1S/C18H28BrFN4O5/c1-18(2,3)29-17(28)21-14(10-23-8-6-12(20)11(19)9-23)15(25)24-7-4-5-13(22-24)16(26)27/h6,11,13-14,22H,4-5,7-10H2,1-3H3,(H,21,28)(H,26,27)/t11?,13-,14?/m0/s1. The van der Waals surface area contributed by atoms with E-state index in [1.807, 2.05) is 4.90 Å². The molecule has 0 spiro atoms. The number of alkyl carbamates (subject to hydrolysis) is 1. The first-order valence-corrected chi connectivity index (χ1v) is 10.4. The second kappa shape index (κ2) is 9.86. The fourth-order valence-corrected chi connectivity index (χ4v) is 3.68. The van der Waals surface area contributed by atoms with Gasteiger partial charge in [0, 0.05) is 26.2 Å². The molecule has 1 fully saturated rings. The Morgan fingerprint density at radius 1 is 1.45 bits per heavy atom. The molecule has 0 radical (unpaired) electrons. The molecule has 0 aliphatic carbocycles. The number of nitrogens with zero attached hydrogens (tertiary/aromatic N) is 2. The van der Waals surface area contributed by atoms with Crippen molar-refractivity contribution in [3.8, 4) is 0 Å². The minimum absolute atomic E-state index is 0.125. The van der Waals surface area contributed by atoms with Crippen LogP contribution >= 0.6 is 15.9 Å². The van der Waals surface area contributed by atoms with Gasteiger partial charge in [-0.05, 0) is 39.7 Å². The van der Waals surface area contributed by atoms with E-state index < -0.39 is 40.5 Å². The largest absolute Gasteiger partial charge is 0.480 e. The second-order valence-electron chi connectivity index (χ2n) is 8.13. The summed E-state index contributed by atoms with van der Waals surface area (Å²) in [4.78, 5) is 37.9. The van der Waals surface area contributed by atoms with Gasteiger partial charge in [0.2, 0.25) is 0 Å². The average molecular weight is 479 g/mol. The number of carboxylic acids is 1. The predicted octanol–water partition coefficient (Wildman–Crippen LogP) is 1.39. The number of carbonyl (C=O) groups excluding carboxylic acids is 2. The number of alkyl halides is 1. The van der Waals surface area contributed by atoms with Crippen LogP contribution in [0.25, 0.3) is 0 Å². The maximum Gasteiger partial charge on any atom is 0.408 e. The summed E-state index contributed by atoms with van der Waals surface area (Å²) in [5, 5.41) is 13.0. The lowest BCUT2D eigenvalue weighted by Crippen LogP contribution is -2.62. The van der Waals surface area contributed by atoms with E-state index in [1.54, 1.807) is 20.8 Å². The zero-order chi connectivity index (χ0) is 21.8. The number of hydrogen-bond acceptors (Lipinski definition) is 6. The predicted molar refractivity (Wildman–Crippen MR) is 107 cm³/mol. The molecule has 2 aliphatic rings. The van der Waals surface area contributed by atoms with Gasteiger partial charge in [-0.15, -0.1) is 0 Å². The van der Waals surface area contributed by atoms with Crippen molar-refractivity contribution < 1.29 is 28.6 Å². The Balaban J connectivity index is 2.11. The Morgan fingerprint density at radius 2 is 2.14 bits per heavy atom. The summed E-state index contributed by atoms with van der Waals surface area (Å²) in [6, 6.07) is -1.85. The van der Waals surface area contributed by atoms with Crippen LogP contribution in [0.4, 0.5) is 9.18 Å². The van der Waals surface area contributed by atoms with E-state index in [0.717, 1.165) is 0 Å². The number of nitrogens with one attached hydrogen (secondary N) is 2. The van der Waals surface area contributed by atoms with Crippen LogP contribution in [-0.4, -0.2) is 81.7 Å². The number of hydrazine groups is 1. The first-order chi connectivity index (χ1) is 13.5. The molecule has 29 heavy (non-hydrogen) atoms. The van der Waals surface area contributed by atoms with Gasteiger partial charge in [-0.2, -0.15) is 0 Å². The fraction of sp³-hybridized carbons (Fsp3) is 0.722. The molecule has 3 N–H and O–H groups in total. The number of aliphatic carboxylic acids is 1. The minimum atomic E-state index is -1.04. The lowest BCUT2D eigenvalue weighted by Gasteiger charge is -2.36. The van der Waals surface area contributed by atoms with Crippen LogP contribution in [0.3, 0.4) is 0 Å². The van der Waals surface area contributed by atoms with Crippen LogP contribution in [0, 0.1) is 0 Å². The summed E-state index contributed by atoms with van der Waals surface area (Å²) in [6.45, 7) is 6.19. The van der Waals surface area contributed by atoms with Gasteiger partial charge in [-0.3, -0.25) is 19.5 Å². The van der Waals surface area contributed by atoms with Crippen LogP contribution < -0.4 is 10.7 Å². The highest BCUT2D eigenvalue weighted by Gasteiger charge is 2.35. The van der Waals surface area contributed by atoms with E-state index >= 15 is 0 Å². The molecule has 3 atom stereocenters. The molecule has 0 saturated carbocycles. The summed E-state index contributed by atoms with van der Waals surface area (Å²) in [7, 11) is 0. The fourth-order valence-electron chi connectivity index (χ4n) is 3.09. The molecule has 1 saturated heterocycles. The highest BCUT2D eigenvalue weighted by Crippen LogP contribution is 2.20. The highest BCUT2D eigenvalue weighted by molar-refractivity contribution is 9.09. The molecule has 2 unspecified atom stereocenters. The van der Waals surface area contributed by atoms with Crippen molar-refractivity contribution in [3.63, 3.8) is 0 Å². The van der Waals surface area contributed by atoms with E-state index in [9.17, 15) is 23.9 Å². The van der Waals surface area contributed by atoms with E-state index in [-0.39, 0.29) is 12.4 Å². The Bertz CT molecular complexity index is 669. The summed E-state index contributed by atoms with van der Waals surface area (Å²) >= 11 is 3.24. The van der Waals surface area contributed by atoms with Crippen molar-refractivity contribution >= 4 is 33.9 Å². The van der Waals surface area contributed by atoms with Crippen molar-refractivity contribution in [2.24, 2.45) is 0 Å². The summed E-state index contributed by atoms with van der Waals surface area (Å²) in [6.07, 6.45) is 1.59. The number of halogens is 2. The lowest BCUT2D eigenvalue weighted by molar-refractivity contribution is -0.148. The number of carbonyl (C=O) groups is 3. The van der Waals surface area contributed by atoms with Gasteiger partial charge in [0.1, 0.15) is 23.5 Å². The summed E-state index contributed by atoms with van der Waals surface area (Å²) in [5.74, 6) is -1.79. The van der Waals surface area contributed by atoms with Crippen molar-refractivity contribution in [1.82, 2.24) is 20.7 Å². The minimum Gasteiger partial charge on any atom is -0.480 e. The van der Waals surface area contributed by atoms with Crippen molar-refractivity contribution in [2.75, 3.05) is 26.2 Å². The highest BCUT2D eigenvalue weighted by atomic mass is 79.9. The zero-order valence-electron chi connectivity index (χ0n) is 16.8. The third-order valence-corrected chi connectivity index (χ3v) is 5.17. The normalized spacial score (nSPS) is 24.4. The topological polar surface area (TPSA) is 111 Å². The summed E-state index contributed by atoms with van der Waals surface area (Å²) in [5.41, 5.74) is 1.96. The van der Waals surface area contributed by atoms with Crippen molar-refractivity contribution in [3.05, 3.63) is 11.9 Å². The first kappa shape index (κ1) is 23.6. The average Bonchev–Trinajstić information content (AvgIpc) is 2.62. The number of amides is 2. The van der Waals surface area contributed by atoms with Gasteiger partial charge in [-0.1, -0.05) is 15.9 Å². The van der Waals surface area contributed by atoms with E-state index in [1.165, 1.54) is 11.1 Å². The zero-order valence-corrected chi connectivity index (χ0v) is 18.4. The number of hydrogen-bond donors (Lipinski definition) is 3. The molecule has 2 aliphatic heterocycles. The van der Waals surface area contributed by atoms with Gasteiger partial charge in [0.15, 0.2) is 0 Å². The molecule has 2 rings (SSSR count). The lowest BCUT2D eigenvalue weighted by atomic mass is 10.1. The van der Waals surface area contributed by atoms with Crippen LogP contribution in [0.2, 0.25) is 0 Å². The van der Waals surface area contributed by atoms with Gasteiger partial charge >= 0.3 is 12.1 Å². The van der Waals surface area contributed by atoms with Gasteiger partial charge in [0.25, 0.3) is 5.91 Å². The third kappa shape index (κ3) is 7.23. The molecule has 0 bridgehead atoms. The van der Waals surface area contributed by atoms with E-state index in [2.05, 4.69) is 26.7 Å². The molecule has 9 nitrogen and oxygen atoms in total. The third-order valence-electron chi connectivity index (χ3n) is 4.44. The van der Waals surface area contributed by atoms with Crippen molar-refractivity contribution in [2.45, 2.75) is 56.1 Å². The number of carboxylic acid groups (broad SMARTS) is 1. The SMILES string of the molecule is CC(C)(C)OC(=O)NC(CN1CC=C(F)C(Br)C1)C(=O)N1CCC[C@@H](C(=O)O)N1. The molecule has 2 amide bonds. The Hall–Kier alpha value is -1.72. The molecule has 11 heteroatoms. The van der Waals surface area contributed by atoms with Crippen LogP contribution in [0.1, 0.15) is 33.6 Å². The van der Waals surface area contributed by atoms with E-state index in [4.69, 9.17) is 4.74 Å². The van der Waals surface area contributed by atoms with Crippen LogP contribution in [-0.2, 0) is 14.3 Å². The molecule has 164 valence electrons. The Morgan fingerprint density at radius 3 is 2.72 bits per heavy atom. The quantitative estimate of drug-likeness (QED) is 0.511. The smallest absolute Gasteiger partial charge is 0.408 e. The van der Waals surface area contributed by atoms with Crippen LogP contribution in [0.5, 0.6) is 0 Å². The van der Waals surface area contributed by atoms with Gasteiger partial charge < -0.3 is 15.2 Å². The molecule has 0 aromatic carbocycles. The maximum absolute atomic E-state index is 13.6. The summed E-state index contributed by atoms with van der Waals surface area (Å²) < 4.78 is 18.9. The number of ether oxygens (including phenoxy) is 1. The Labute approximate surface area is 177 Å². The number of rotatable bonds is 5. The molecule has 2 heterocycles. The van der Waals surface area contributed by atoms with Gasteiger partial charge in [-0.25, -0.2) is 14.6 Å². The monoisotopic (exact) mass is 478 g/mol. The van der Waals surface area contributed by atoms with E-state index in [0.29, 0.717) is 32.5 Å².